The maximum absolute atomic E-state index is 4.52. The van der Waals surface area contributed by atoms with Crippen LogP contribution in [-0.4, -0.2) is 0 Å². The largest absolute Gasteiger partial charge is 0.0952 e. The molecule has 31 heavy (non-hydrogen) atoms. The molecule has 0 heteroatoms. The van der Waals surface area contributed by atoms with E-state index in [1.54, 1.807) is 0 Å². The van der Waals surface area contributed by atoms with Crippen LogP contribution < -0.4 is 0 Å². The fourth-order valence-electron chi connectivity index (χ4n) is 5.32. The Balaban J connectivity index is 1.51. The van der Waals surface area contributed by atoms with E-state index in [-0.39, 0.29) is 5.41 Å². The normalized spacial score (nSPS) is 20.2. The van der Waals surface area contributed by atoms with E-state index >= 15 is 0 Å². The van der Waals surface area contributed by atoms with Gasteiger partial charge >= 0.3 is 0 Å². The lowest BCUT2D eigenvalue weighted by Gasteiger charge is -2.18. The topological polar surface area (TPSA) is 0 Å². The van der Waals surface area contributed by atoms with Crippen molar-refractivity contribution in [3.8, 4) is 0 Å². The maximum Gasteiger partial charge on any atom is -0.000168 e. The van der Waals surface area contributed by atoms with Crippen LogP contribution in [0.1, 0.15) is 76.6 Å². The Kier molecular flexibility index (Phi) is 5.86. The van der Waals surface area contributed by atoms with Crippen molar-refractivity contribution in [2.24, 2.45) is 11.3 Å². The van der Waals surface area contributed by atoms with Crippen molar-refractivity contribution in [3.05, 3.63) is 98.7 Å². The van der Waals surface area contributed by atoms with Crippen molar-refractivity contribution in [1.82, 2.24) is 0 Å². The van der Waals surface area contributed by atoms with Crippen LogP contribution in [0.4, 0.5) is 0 Å². The molecule has 0 heterocycles. The van der Waals surface area contributed by atoms with Gasteiger partial charge in [-0.25, -0.2) is 0 Å². The van der Waals surface area contributed by atoms with Crippen LogP contribution in [0.3, 0.4) is 0 Å². The van der Waals surface area contributed by atoms with Gasteiger partial charge in [0.25, 0.3) is 0 Å². The number of rotatable bonds is 6. The summed E-state index contributed by atoms with van der Waals surface area (Å²) in [5, 5.41) is 0. The molecule has 0 amide bonds. The number of benzene rings is 1. The van der Waals surface area contributed by atoms with E-state index in [1.165, 1.54) is 55.7 Å². The second kappa shape index (κ2) is 8.30. The van der Waals surface area contributed by atoms with Crippen molar-refractivity contribution >= 4 is 6.08 Å². The molecule has 0 N–H and O–H groups in total. The van der Waals surface area contributed by atoms with Gasteiger partial charge in [0.1, 0.15) is 0 Å². The third-order valence-corrected chi connectivity index (χ3v) is 7.22. The summed E-state index contributed by atoms with van der Waals surface area (Å²) < 4.78 is 0. The second-order valence-corrected chi connectivity index (χ2v) is 10.5. The van der Waals surface area contributed by atoms with Gasteiger partial charge in [-0.2, -0.15) is 0 Å². The molecule has 0 aliphatic heterocycles. The first-order chi connectivity index (χ1) is 14.7. The van der Waals surface area contributed by atoms with Crippen LogP contribution in [0.25, 0.3) is 6.08 Å². The molecule has 0 aromatic heterocycles. The van der Waals surface area contributed by atoms with Crippen molar-refractivity contribution in [3.63, 3.8) is 0 Å². The highest BCUT2D eigenvalue weighted by Gasteiger charge is 2.26. The molecule has 1 aromatic rings. The zero-order valence-electron chi connectivity index (χ0n) is 20.4. The molecule has 0 saturated heterocycles. The first-order valence-electron chi connectivity index (χ1n) is 12.1. The lowest BCUT2D eigenvalue weighted by atomic mass is 9.87. The Bertz CT molecular complexity index is 1070. The zero-order chi connectivity index (χ0) is 22.3. The van der Waals surface area contributed by atoms with Gasteiger partial charge in [-0.15, -0.1) is 0 Å². The first kappa shape index (κ1) is 21.9. The van der Waals surface area contributed by atoms with Gasteiger partial charge in [0.15, 0.2) is 0 Å². The molecule has 0 bridgehead atoms. The Morgan fingerprint density at radius 2 is 1.74 bits per heavy atom. The fraction of sp³-hybridized carbons (Fsp3) is 0.419. The van der Waals surface area contributed by atoms with E-state index < -0.39 is 0 Å². The molecule has 1 atom stereocenters. The molecule has 0 saturated carbocycles. The zero-order valence-corrected chi connectivity index (χ0v) is 20.4. The van der Waals surface area contributed by atoms with Gasteiger partial charge in [0.2, 0.25) is 0 Å². The van der Waals surface area contributed by atoms with Gasteiger partial charge in [0, 0.05) is 0 Å². The summed E-state index contributed by atoms with van der Waals surface area (Å²) in [6, 6.07) is 4.89. The molecule has 3 aliphatic carbocycles. The standard InChI is InChI=1S/C31H38/c1-8-22-15-25-17-27(18-26(25)16-23(22)9-2)29-12-10-11-24(29)13-20(3)30-19-28(14-21(30)4)31(5,6)7/h11-12,14-17,19,21H,3,8-10,13,18H2,1-2,4-7H3. The Morgan fingerprint density at radius 1 is 1.03 bits per heavy atom. The molecule has 3 aliphatic rings. The van der Waals surface area contributed by atoms with Gasteiger partial charge in [-0.1, -0.05) is 90.6 Å². The number of hydrogen-bond donors (Lipinski definition) is 0. The van der Waals surface area contributed by atoms with Crippen LogP contribution >= 0.6 is 0 Å². The average Bonchev–Trinajstić information content (AvgIpc) is 3.43. The predicted molar refractivity (Wildman–Crippen MR) is 136 cm³/mol. The van der Waals surface area contributed by atoms with Crippen molar-refractivity contribution in [1.29, 1.82) is 0 Å². The number of allylic oxidation sites excluding steroid dienone is 10. The minimum atomic E-state index is 0.198. The molecule has 0 radical (unpaired) electrons. The molecule has 0 nitrogen and oxygen atoms in total. The minimum absolute atomic E-state index is 0.198. The molecule has 0 spiro atoms. The van der Waals surface area contributed by atoms with Crippen LogP contribution in [-0.2, 0) is 19.3 Å². The highest BCUT2D eigenvalue weighted by Crippen LogP contribution is 2.42. The summed E-state index contributed by atoms with van der Waals surface area (Å²) in [4.78, 5) is 0. The molecule has 1 unspecified atom stereocenters. The van der Waals surface area contributed by atoms with E-state index in [2.05, 4.69) is 90.6 Å². The smallest absolute Gasteiger partial charge is 0.000168 e. The Hall–Kier alpha value is -2.34. The molecular weight excluding hydrogens is 372 g/mol. The molecule has 4 rings (SSSR count). The number of aryl methyl sites for hydroxylation is 2. The molecule has 162 valence electrons. The third-order valence-electron chi connectivity index (χ3n) is 7.22. The highest BCUT2D eigenvalue weighted by atomic mass is 14.3. The molecular formula is C31H38. The minimum Gasteiger partial charge on any atom is -0.0952 e. The van der Waals surface area contributed by atoms with E-state index in [1.807, 2.05) is 0 Å². The van der Waals surface area contributed by atoms with Crippen LogP contribution in [0.5, 0.6) is 0 Å². The number of hydrogen-bond acceptors (Lipinski definition) is 0. The monoisotopic (exact) mass is 410 g/mol. The van der Waals surface area contributed by atoms with Crippen LogP contribution in [0, 0.1) is 11.3 Å². The SMILES string of the molecule is C=C(CC1=CCC=C1C1=Cc2cc(CC)c(CC)cc2C1)C1=CC(C(C)(C)C)=CC1C. The number of fused-ring (bicyclic) bond motifs is 1. The van der Waals surface area contributed by atoms with Crippen molar-refractivity contribution < 1.29 is 0 Å². The quantitative estimate of drug-likeness (QED) is 0.441. The van der Waals surface area contributed by atoms with Crippen LogP contribution in [0.15, 0.2) is 76.5 Å². The van der Waals surface area contributed by atoms with Gasteiger partial charge in [-0.05, 0) is 99.1 Å². The summed E-state index contributed by atoms with van der Waals surface area (Å²) >= 11 is 0. The van der Waals surface area contributed by atoms with Crippen molar-refractivity contribution in [2.75, 3.05) is 0 Å². The average molecular weight is 411 g/mol. The lowest BCUT2D eigenvalue weighted by Crippen LogP contribution is -2.06. The predicted octanol–water partition coefficient (Wildman–Crippen LogP) is 8.50. The third kappa shape index (κ3) is 4.22. The fourth-order valence-corrected chi connectivity index (χ4v) is 5.32. The van der Waals surface area contributed by atoms with E-state index in [4.69, 9.17) is 0 Å². The molecule has 1 aromatic carbocycles. The summed E-state index contributed by atoms with van der Waals surface area (Å²) in [6.45, 7) is 18.3. The van der Waals surface area contributed by atoms with Gasteiger partial charge in [0.05, 0.1) is 0 Å². The summed E-state index contributed by atoms with van der Waals surface area (Å²) in [5.41, 5.74) is 14.7. The van der Waals surface area contributed by atoms with E-state index in [9.17, 15) is 0 Å². The molecule has 0 fully saturated rings. The Labute approximate surface area is 189 Å². The van der Waals surface area contributed by atoms with Crippen LogP contribution in [0.2, 0.25) is 0 Å². The van der Waals surface area contributed by atoms with Crippen molar-refractivity contribution in [2.45, 2.75) is 73.6 Å². The van der Waals surface area contributed by atoms with Gasteiger partial charge in [-0.3, -0.25) is 0 Å². The first-order valence-corrected chi connectivity index (χ1v) is 12.1. The highest BCUT2D eigenvalue weighted by molar-refractivity contribution is 5.73. The lowest BCUT2D eigenvalue weighted by molar-refractivity contribution is 0.516. The maximum atomic E-state index is 4.52. The summed E-state index contributed by atoms with van der Waals surface area (Å²) in [5.74, 6) is 0.464. The summed E-state index contributed by atoms with van der Waals surface area (Å²) in [6.07, 6.45) is 17.4. The summed E-state index contributed by atoms with van der Waals surface area (Å²) in [7, 11) is 0. The van der Waals surface area contributed by atoms with Gasteiger partial charge < -0.3 is 0 Å². The second-order valence-electron chi connectivity index (χ2n) is 10.5. The van der Waals surface area contributed by atoms with E-state index in [0.29, 0.717) is 5.92 Å². The Morgan fingerprint density at radius 3 is 2.39 bits per heavy atom. The van der Waals surface area contributed by atoms with E-state index in [0.717, 1.165) is 32.1 Å².